The number of anilines is 2. The van der Waals surface area contributed by atoms with Crippen molar-refractivity contribution in [2.24, 2.45) is 0 Å². The van der Waals surface area contributed by atoms with Crippen LogP contribution < -0.4 is 21.3 Å². The molecule has 3 N–H and O–H groups in total. The number of hydrogen-bond acceptors (Lipinski definition) is 5. The van der Waals surface area contributed by atoms with Crippen molar-refractivity contribution in [1.29, 1.82) is 0 Å². The normalized spacial score (nSPS) is 10.2. The van der Waals surface area contributed by atoms with Gasteiger partial charge in [0, 0.05) is 17.8 Å². The standard InChI is InChI=1S/C14H16N4O3/c1-9-5-14(20)18(8-16-9)7-13(19)17-12-4-3-10(21-2)6-11(12)15/h3-6,8H,7,15H2,1-2H3,(H,17,19). The second-order valence-corrected chi connectivity index (χ2v) is 4.50. The van der Waals surface area contributed by atoms with Gasteiger partial charge in [0.25, 0.3) is 5.56 Å². The largest absolute Gasteiger partial charge is 0.497 e. The molecule has 7 nitrogen and oxygen atoms in total. The van der Waals surface area contributed by atoms with Crippen LogP contribution in [0.4, 0.5) is 11.4 Å². The zero-order valence-corrected chi connectivity index (χ0v) is 11.8. The van der Waals surface area contributed by atoms with Crippen molar-refractivity contribution in [3.63, 3.8) is 0 Å². The average molecular weight is 288 g/mol. The molecule has 0 saturated heterocycles. The first kappa shape index (κ1) is 14.6. The van der Waals surface area contributed by atoms with Crippen LogP contribution in [0.2, 0.25) is 0 Å². The van der Waals surface area contributed by atoms with Crippen LogP contribution in [0.25, 0.3) is 0 Å². The second-order valence-electron chi connectivity index (χ2n) is 4.50. The highest BCUT2D eigenvalue weighted by atomic mass is 16.5. The maximum atomic E-state index is 11.9. The Hall–Kier alpha value is -2.83. The molecule has 0 aliphatic rings. The number of methoxy groups -OCH3 is 1. The number of carbonyl (C=O) groups is 1. The van der Waals surface area contributed by atoms with Gasteiger partial charge in [-0.05, 0) is 19.1 Å². The van der Waals surface area contributed by atoms with Crippen molar-refractivity contribution in [3.8, 4) is 5.75 Å². The Bertz CT molecular complexity index is 724. The third-order valence-electron chi connectivity index (χ3n) is 2.86. The van der Waals surface area contributed by atoms with E-state index in [1.165, 1.54) is 24.1 Å². The zero-order chi connectivity index (χ0) is 15.4. The van der Waals surface area contributed by atoms with Gasteiger partial charge in [-0.15, -0.1) is 0 Å². The number of nitrogen functional groups attached to an aromatic ring is 1. The molecule has 2 rings (SSSR count). The second kappa shape index (κ2) is 6.08. The Morgan fingerprint density at radius 1 is 1.43 bits per heavy atom. The van der Waals surface area contributed by atoms with E-state index in [9.17, 15) is 9.59 Å². The highest BCUT2D eigenvalue weighted by Crippen LogP contribution is 2.23. The molecule has 7 heteroatoms. The van der Waals surface area contributed by atoms with E-state index in [0.29, 0.717) is 22.8 Å². The Balaban J connectivity index is 2.10. The fraction of sp³-hybridized carbons (Fsp3) is 0.214. The number of hydrogen-bond donors (Lipinski definition) is 2. The molecule has 1 heterocycles. The fourth-order valence-corrected chi connectivity index (χ4v) is 1.76. The smallest absolute Gasteiger partial charge is 0.253 e. The van der Waals surface area contributed by atoms with E-state index in [1.54, 1.807) is 25.1 Å². The molecular weight excluding hydrogens is 272 g/mol. The summed E-state index contributed by atoms with van der Waals surface area (Å²) < 4.78 is 6.26. The van der Waals surface area contributed by atoms with E-state index >= 15 is 0 Å². The van der Waals surface area contributed by atoms with Crippen LogP contribution in [0, 0.1) is 6.92 Å². The molecule has 0 unspecified atom stereocenters. The van der Waals surface area contributed by atoms with Crippen LogP contribution in [0.15, 0.2) is 35.4 Å². The maximum absolute atomic E-state index is 11.9. The Morgan fingerprint density at radius 2 is 2.19 bits per heavy atom. The van der Waals surface area contributed by atoms with Crippen LogP contribution in [0.3, 0.4) is 0 Å². The van der Waals surface area contributed by atoms with E-state index in [1.807, 2.05) is 0 Å². The fourth-order valence-electron chi connectivity index (χ4n) is 1.76. The maximum Gasteiger partial charge on any atom is 0.253 e. The molecule has 1 aromatic heterocycles. The summed E-state index contributed by atoms with van der Waals surface area (Å²) in [6.07, 6.45) is 1.34. The van der Waals surface area contributed by atoms with Gasteiger partial charge in [-0.1, -0.05) is 0 Å². The number of nitrogens with two attached hydrogens (primary N) is 1. The topological polar surface area (TPSA) is 99.2 Å². The van der Waals surface area contributed by atoms with E-state index in [4.69, 9.17) is 10.5 Å². The predicted octanol–water partition coefficient (Wildman–Crippen LogP) is 0.781. The molecule has 0 saturated carbocycles. The number of amides is 1. The SMILES string of the molecule is COc1ccc(NC(=O)Cn2cnc(C)cc2=O)c(N)c1. The van der Waals surface area contributed by atoms with Gasteiger partial charge in [0.05, 0.1) is 24.8 Å². The summed E-state index contributed by atoms with van der Waals surface area (Å²) in [4.78, 5) is 27.6. The highest BCUT2D eigenvalue weighted by Gasteiger charge is 2.08. The van der Waals surface area contributed by atoms with Gasteiger partial charge in [0.15, 0.2) is 0 Å². The van der Waals surface area contributed by atoms with Gasteiger partial charge >= 0.3 is 0 Å². The first-order chi connectivity index (χ1) is 9.99. The first-order valence-electron chi connectivity index (χ1n) is 6.26. The zero-order valence-electron chi connectivity index (χ0n) is 11.8. The van der Waals surface area contributed by atoms with Crippen LogP contribution in [-0.4, -0.2) is 22.6 Å². The summed E-state index contributed by atoms with van der Waals surface area (Å²) in [5, 5.41) is 2.64. The number of nitrogens with zero attached hydrogens (tertiary/aromatic N) is 2. The molecule has 0 bridgehead atoms. The summed E-state index contributed by atoms with van der Waals surface area (Å²) in [7, 11) is 1.53. The third kappa shape index (κ3) is 3.59. The first-order valence-corrected chi connectivity index (χ1v) is 6.26. The number of nitrogens with one attached hydrogen (secondary N) is 1. The van der Waals surface area contributed by atoms with Crippen LogP contribution in [-0.2, 0) is 11.3 Å². The third-order valence-corrected chi connectivity index (χ3v) is 2.86. The van der Waals surface area contributed by atoms with Crippen molar-refractivity contribution in [2.45, 2.75) is 13.5 Å². The Labute approximate surface area is 121 Å². The van der Waals surface area contributed by atoms with Crippen LogP contribution in [0.1, 0.15) is 5.69 Å². The van der Waals surface area contributed by atoms with Gasteiger partial charge < -0.3 is 15.8 Å². The molecule has 110 valence electrons. The van der Waals surface area contributed by atoms with Crippen LogP contribution >= 0.6 is 0 Å². The van der Waals surface area contributed by atoms with E-state index < -0.39 is 0 Å². The van der Waals surface area contributed by atoms with Crippen molar-refractivity contribution in [3.05, 3.63) is 46.6 Å². The molecule has 1 amide bonds. The van der Waals surface area contributed by atoms with Crippen LogP contribution in [0.5, 0.6) is 5.75 Å². The number of benzene rings is 1. The number of carbonyl (C=O) groups excluding carboxylic acids is 1. The lowest BCUT2D eigenvalue weighted by Gasteiger charge is -2.10. The summed E-state index contributed by atoms with van der Waals surface area (Å²) in [5.74, 6) is 0.240. The summed E-state index contributed by atoms with van der Waals surface area (Å²) in [5.41, 5.74) is 7.00. The summed E-state index contributed by atoms with van der Waals surface area (Å²) in [6.45, 7) is 1.58. The number of aryl methyl sites for hydroxylation is 1. The molecule has 0 radical (unpaired) electrons. The molecule has 0 aliphatic carbocycles. The quantitative estimate of drug-likeness (QED) is 0.810. The molecule has 0 aliphatic heterocycles. The average Bonchev–Trinajstić information content (AvgIpc) is 2.44. The number of rotatable bonds is 4. The minimum Gasteiger partial charge on any atom is -0.497 e. The van der Waals surface area contributed by atoms with E-state index in [-0.39, 0.29) is 18.0 Å². The highest BCUT2D eigenvalue weighted by molar-refractivity contribution is 5.93. The van der Waals surface area contributed by atoms with Gasteiger partial charge in [0.2, 0.25) is 5.91 Å². The molecular formula is C14H16N4O3. The molecule has 0 fully saturated rings. The summed E-state index contributed by atoms with van der Waals surface area (Å²) in [6, 6.07) is 6.30. The lowest BCUT2D eigenvalue weighted by molar-refractivity contribution is -0.116. The number of ether oxygens (including phenoxy) is 1. The lowest BCUT2D eigenvalue weighted by atomic mass is 10.2. The van der Waals surface area contributed by atoms with Gasteiger partial charge in [-0.25, -0.2) is 4.98 Å². The van der Waals surface area contributed by atoms with Gasteiger partial charge in [-0.3, -0.25) is 14.2 Å². The molecule has 0 atom stereocenters. The monoisotopic (exact) mass is 288 g/mol. The Kier molecular flexibility index (Phi) is 4.22. The minimum atomic E-state index is -0.361. The Morgan fingerprint density at radius 3 is 2.81 bits per heavy atom. The van der Waals surface area contributed by atoms with Gasteiger partial charge in [0.1, 0.15) is 12.3 Å². The lowest BCUT2D eigenvalue weighted by Crippen LogP contribution is -2.27. The van der Waals surface area contributed by atoms with Crippen molar-refractivity contribution < 1.29 is 9.53 Å². The van der Waals surface area contributed by atoms with Crippen molar-refractivity contribution in [1.82, 2.24) is 9.55 Å². The van der Waals surface area contributed by atoms with Gasteiger partial charge in [-0.2, -0.15) is 0 Å². The van der Waals surface area contributed by atoms with Crippen molar-refractivity contribution >= 4 is 17.3 Å². The molecule has 21 heavy (non-hydrogen) atoms. The van der Waals surface area contributed by atoms with E-state index in [0.717, 1.165) is 0 Å². The minimum absolute atomic E-state index is 0.127. The molecule has 2 aromatic rings. The molecule has 1 aromatic carbocycles. The number of aromatic nitrogens is 2. The van der Waals surface area contributed by atoms with E-state index in [2.05, 4.69) is 10.3 Å². The predicted molar refractivity (Wildman–Crippen MR) is 79.3 cm³/mol. The van der Waals surface area contributed by atoms with Crippen molar-refractivity contribution in [2.75, 3.05) is 18.2 Å². The molecule has 0 spiro atoms. The summed E-state index contributed by atoms with van der Waals surface area (Å²) >= 11 is 0.